The van der Waals surface area contributed by atoms with Gasteiger partial charge < -0.3 is 5.32 Å². The molecule has 0 radical (unpaired) electrons. The first kappa shape index (κ1) is 28.4. The minimum Gasteiger partial charge on any atom is -0.317 e. The number of benzene rings is 2. The van der Waals surface area contributed by atoms with E-state index in [0.29, 0.717) is 37.4 Å². The Kier molecular flexibility index (Phi) is 8.75. The fourth-order valence-corrected chi connectivity index (χ4v) is 6.54. The predicted octanol–water partition coefficient (Wildman–Crippen LogP) is 4.94. The van der Waals surface area contributed by atoms with Crippen molar-refractivity contribution in [2.24, 2.45) is 0 Å². The van der Waals surface area contributed by atoms with E-state index in [-0.39, 0.29) is 42.6 Å². The van der Waals surface area contributed by atoms with Crippen molar-refractivity contribution in [3.8, 4) is 11.1 Å². The molecule has 2 aromatic carbocycles. The van der Waals surface area contributed by atoms with E-state index < -0.39 is 33.1 Å². The number of nitrogens with zero attached hydrogens (tertiary/aromatic N) is 1. The van der Waals surface area contributed by atoms with E-state index in [1.807, 2.05) is 0 Å². The van der Waals surface area contributed by atoms with Gasteiger partial charge in [-0.3, -0.25) is 10.0 Å². The molecule has 0 unspecified atom stereocenters. The lowest BCUT2D eigenvalue weighted by Crippen LogP contribution is -2.58. The van der Waals surface area contributed by atoms with E-state index in [2.05, 4.69) is 5.32 Å². The van der Waals surface area contributed by atoms with Crippen molar-refractivity contribution in [2.75, 3.05) is 13.1 Å². The van der Waals surface area contributed by atoms with Crippen molar-refractivity contribution in [1.29, 1.82) is 0 Å². The van der Waals surface area contributed by atoms with E-state index >= 15 is 0 Å². The molecule has 2 aromatic rings. The van der Waals surface area contributed by atoms with Gasteiger partial charge >= 0.3 is 6.18 Å². The molecule has 0 aromatic heterocycles. The van der Waals surface area contributed by atoms with Crippen LogP contribution in [0.25, 0.3) is 11.1 Å². The highest BCUT2D eigenvalue weighted by atomic mass is 35.5. The van der Waals surface area contributed by atoms with Crippen LogP contribution in [0.15, 0.2) is 53.4 Å². The van der Waals surface area contributed by atoms with Crippen LogP contribution in [0.3, 0.4) is 0 Å². The summed E-state index contributed by atoms with van der Waals surface area (Å²) in [6, 6.07) is 13.1. The molecule has 2 fully saturated rings. The number of rotatable bonds is 8. The van der Waals surface area contributed by atoms with Crippen LogP contribution in [0, 0.1) is 0 Å². The molecule has 4 rings (SSSR count). The van der Waals surface area contributed by atoms with Crippen molar-refractivity contribution in [1.82, 2.24) is 10.4 Å². The van der Waals surface area contributed by atoms with Gasteiger partial charge in [0.1, 0.15) is 0 Å². The number of nitrogens with one attached hydrogen (secondary N) is 1. The number of hydrogen-bond donors (Lipinski definition) is 2. The van der Waals surface area contributed by atoms with Crippen molar-refractivity contribution in [2.45, 2.75) is 66.8 Å². The van der Waals surface area contributed by atoms with Gasteiger partial charge in [0.05, 0.1) is 10.9 Å². The molecule has 11 heteroatoms. The van der Waals surface area contributed by atoms with E-state index in [4.69, 9.17) is 0 Å². The fourth-order valence-electron chi connectivity index (χ4n) is 4.53. The number of hydroxylamine groups is 2. The SMILES string of the molecule is Cl.O=C(N(O)C1CC1)C1(S(=O)(=O)c2ccc(-c3ccc(CCCC(F)(F)F)cc3)cc2)CCNCC1. The first-order valence-corrected chi connectivity index (χ1v) is 13.3. The molecule has 1 amide bonds. The molecule has 36 heavy (non-hydrogen) atoms. The molecule has 2 N–H and O–H groups in total. The van der Waals surface area contributed by atoms with Crippen LogP contribution in [0.4, 0.5) is 13.2 Å². The Hall–Kier alpha value is -2.14. The van der Waals surface area contributed by atoms with Crippen LogP contribution in [-0.2, 0) is 21.1 Å². The second-order valence-corrected chi connectivity index (χ2v) is 11.6. The standard InChI is InChI=1S/C25H29F3N2O4S.ClH/c26-25(27,28)13-1-2-18-3-5-19(6-4-18)20-7-11-22(12-8-20)35(33,34)24(14-16-29-17-15-24)23(31)30(32)21-9-10-21;/h3-8,11-12,21,29,32H,1-2,9-10,13-17H2;1H. The maximum atomic E-state index is 13.7. The highest BCUT2D eigenvalue weighted by Crippen LogP contribution is 2.38. The van der Waals surface area contributed by atoms with E-state index in [1.165, 1.54) is 12.1 Å². The number of sulfone groups is 1. The Balaban J connectivity index is 0.00000361. The van der Waals surface area contributed by atoms with Crippen LogP contribution in [0.1, 0.15) is 44.1 Å². The molecule has 0 atom stereocenters. The van der Waals surface area contributed by atoms with Crippen LogP contribution in [-0.4, -0.2) is 54.7 Å². The molecule has 1 aliphatic carbocycles. The van der Waals surface area contributed by atoms with Gasteiger partial charge in [0.15, 0.2) is 14.6 Å². The van der Waals surface area contributed by atoms with Gasteiger partial charge in [0.2, 0.25) is 0 Å². The highest BCUT2D eigenvalue weighted by molar-refractivity contribution is 7.93. The quantitative estimate of drug-likeness (QED) is 0.362. The summed E-state index contributed by atoms with van der Waals surface area (Å²) >= 11 is 0. The molecule has 0 bridgehead atoms. The lowest BCUT2D eigenvalue weighted by Gasteiger charge is -2.37. The molecule has 6 nitrogen and oxygen atoms in total. The average molecular weight is 547 g/mol. The first-order chi connectivity index (χ1) is 16.5. The Morgan fingerprint density at radius 3 is 2.03 bits per heavy atom. The minimum atomic E-state index is -4.16. The lowest BCUT2D eigenvalue weighted by atomic mass is 9.95. The zero-order valence-corrected chi connectivity index (χ0v) is 21.3. The maximum Gasteiger partial charge on any atom is 0.389 e. The average Bonchev–Trinajstić information content (AvgIpc) is 3.69. The molecule has 1 heterocycles. The van der Waals surface area contributed by atoms with Gasteiger partial charge in [0, 0.05) is 6.42 Å². The Morgan fingerprint density at radius 1 is 1.00 bits per heavy atom. The Bertz CT molecular complexity index is 1150. The zero-order chi connectivity index (χ0) is 25.3. The first-order valence-electron chi connectivity index (χ1n) is 11.8. The zero-order valence-electron chi connectivity index (χ0n) is 19.6. The van der Waals surface area contributed by atoms with Gasteiger partial charge in [-0.25, -0.2) is 13.5 Å². The van der Waals surface area contributed by atoms with Gasteiger partial charge in [-0.05, 0) is 80.4 Å². The van der Waals surface area contributed by atoms with Gasteiger partial charge in [-0.15, -0.1) is 12.4 Å². The van der Waals surface area contributed by atoms with E-state index in [9.17, 15) is 31.6 Å². The van der Waals surface area contributed by atoms with E-state index in [1.54, 1.807) is 36.4 Å². The Morgan fingerprint density at radius 2 is 1.53 bits per heavy atom. The fraction of sp³-hybridized carbons (Fsp3) is 0.480. The number of amides is 1. The maximum absolute atomic E-state index is 13.7. The normalized spacial score (nSPS) is 17.8. The molecule has 0 spiro atoms. The molecule has 2 aliphatic rings. The van der Waals surface area contributed by atoms with Crippen molar-refractivity contribution >= 4 is 28.2 Å². The molecular weight excluding hydrogens is 517 g/mol. The monoisotopic (exact) mass is 546 g/mol. The van der Waals surface area contributed by atoms with E-state index in [0.717, 1.165) is 16.7 Å². The largest absolute Gasteiger partial charge is 0.389 e. The number of piperidine rings is 1. The number of hydrogen-bond acceptors (Lipinski definition) is 5. The Labute approximate surface area is 215 Å². The van der Waals surface area contributed by atoms with Gasteiger partial charge in [-0.2, -0.15) is 13.2 Å². The number of carbonyl (C=O) groups excluding carboxylic acids is 1. The molecule has 198 valence electrons. The van der Waals surface area contributed by atoms with Crippen LogP contribution >= 0.6 is 12.4 Å². The summed E-state index contributed by atoms with van der Waals surface area (Å²) in [6.07, 6.45) is -3.15. The number of carbonyl (C=O) groups is 1. The van der Waals surface area contributed by atoms with Crippen molar-refractivity contribution in [3.05, 3.63) is 54.1 Å². The molecule has 1 aliphatic heterocycles. The third-order valence-corrected chi connectivity index (χ3v) is 9.30. The molecular formula is C25H30ClF3N2O4S. The predicted molar refractivity (Wildman–Crippen MR) is 132 cm³/mol. The van der Waals surface area contributed by atoms with Gasteiger partial charge in [-0.1, -0.05) is 36.4 Å². The summed E-state index contributed by atoms with van der Waals surface area (Å²) < 4.78 is 62.7. The molecule has 1 saturated carbocycles. The lowest BCUT2D eigenvalue weighted by molar-refractivity contribution is -0.171. The molecule has 1 saturated heterocycles. The van der Waals surface area contributed by atoms with Crippen molar-refractivity contribution < 1.29 is 31.6 Å². The summed E-state index contributed by atoms with van der Waals surface area (Å²) in [5, 5.41) is 14.0. The number of halogens is 4. The smallest absolute Gasteiger partial charge is 0.317 e. The highest BCUT2D eigenvalue weighted by Gasteiger charge is 2.55. The summed E-state index contributed by atoms with van der Waals surface area (Å²) in [7, 11) is -4.08. The third kappa shape index (κ3) is 6.04. The second-order valence-electron chi connectivity index (χ2n) is 9.32. The second kappa shape index (κ2) is 11.1. The number of alkyl halides is 3. The summed E-state index contributed by atoms with van der Waals surface area (Å²) in [5.41, 5.74) is 2.35. The topological polar surface area (TPSA) is 86.7 Å². The summed E-state index contributed by atoms with van der Waals surface area (Å²) in [6.45, 7) is 0.716. The minimum absolute atomic E-state index is 0. The number of aryl methyl sites for hydroxylation is 1. The van der Waals surface area contributed by atoms with Gasteiger partial charge in [0.25, 0.3) is 5.91 Å². The van der Waals surface area contributed by atoms with Crippen LogP contribution < -0.4 is 5.32 Å². The summed E-state index contributed by atoms with van der Waals surface area (Å²) in [4.78, 5) is 13.2. The van der Waals surface area contributed by atoms with Crippen LogP contribution in [0.2, 0.25) is 0 Å². The van der Waals surface area contributed by atoms with Crippen LogP contribution in [0.5, 0.6) is 0 Å². The summed E-state index contributed by atoms with van der Waals surface area (Å²) in [5.74, 6) is -0.758. The van der Waals surface area contributed by atoms with Crippen molar-refractivity contribution in [3.63, 3.8) is 0 Å². The third-order valence-electron chi connectivity index (χ3n) is 6.79.